The van der Waals surface area contributed by atoms with E-state index in [1.165, 1.54) is 19.1 Å². The van der Waals surface area contributed by atoms with Crippen LogP contribution in [0.15, 0.2) is 16.5 Å². The summed E-state index contributed by atoms with van der Waals surface area (Å²) in [5.74, 6) is -2.36. The summed E-state index contributed by atoms with van der Waals surface area (Å²) in [5.41, 5.74) is 0. The maximum atomic E-state index is 11.8. The number of amides is 2. The number of furan rings is 1. The molecule has 1 aromatic heterocycles. The maximum Gasteiger partial charge on any atom is 0.371 e. The van der Waals surface area contributed by atoms with Gasteiger partial charge in [-0.05, 0) is 25.0 Å². The molecule has 2 amide bonds. The number of carbonyl (C=O) groups is 3. The zero-order valence-electron chi connectivity index (χ0n) is 11.6. The molecule has 1 heterocycles. The summed E-state index contributed by atoms with van der Waals surface area (Å²) in [7, 11) is 0. The number of rotatable bonds is 6. The lowest BCUT2D eigenvalue weighted by molar-refractivity contribution is -0.122. The average Bonchev–Trinajstić information content (AvgIpc) is 2.85. The molecule has 0 radical (unpaired) electrons. The average molecular weight is 282 g/mol. The van der Waals surface area contributed by atoms with Crippen molar-refractivity contribution in [1.29, 1.82) is 0 Å². The number of carboxylic acid groups (broad SMARTS) is 1. The first kappa shape index (κ1) is 15.7. The van der Waals surface area contributed by atoms with Crippen LogP contribution in [0.2, 0.25) is 0 Å². The minimum Gasteiger partial charge on any atom is -0.475 e. The molecule has 1 rings (SSSR count). The van der Waals surface area contributed by atoms with Gasteiger partial charge in [0.25, 0.3) is 5.91 Å². The predicted octanol–water partition coefficient (Wildman–Crippen LogP) is 0.868. The highest BCUT2D eigenvalue weighted by atomic mass is 16.4. The molecule has 0 aliphatic heterocycles. The molecule has 1 aromatic rings. The van der Waals surface area contributed by atoms with Crippen LogP contribution < -0.4 is 10.6 Å². The predicted molar refractivity (Wildman–Crippen MR) is 70.4 cm³/mol. The van der Waals surface area contributed by atoms with Gasteiger partial charge in [-0.3, -0.25) is 9.59 Å². The van der Waals surface area contributed by atoms with Gasteiger partial charge in [0.2, 0.25) is 11.7 Å². The monoisotopic (exact) mass is 282 g/mol. The summed E-state index contributed by atoms with van der Waals surface area (Å²) in [6, 6.07) is 1.69. The van der Waals surface area contributed by atoms with Gasteiger partial charge < -0.3 is 20.2 Å². The zero-order valence-corrected chi connectivity index (χ0v) is 11.6. The minimum absolute atomic E-state index is 0.147. The molecular weight excluding hydrogens is 264 g/mol. The SMILES string of the molecule is CC(C)CNC(=O)C(C)NC(=O)c1ccc(C(=O)O)o1. The highest BCUT2D eigenvalue weighted by molar-refractivity contribution is 5.96. The first-order valence-electron chi connectivity index (χ1n) is 6.23. The first-order chi connectivity index (χ1) is 9.31. The fraction of sp³-hybridized carbons (Fsp3) is 0.462. The van der Waals surface area contributed by atoms with E-state index in [9.17, 15) is 14.4 Å². The fourth-order valence-electron chi connectivity index (χ4n) is 1.37. The van der Waals surface area contributed by atoms with Gasteiger partial charge in [0, 0.05) is 6.54 Å². The number of hydrogen-bond acceptors (Lipinski definition) is 4. The molecule has 0 aromatic carbocycles. The van der Waals surface area contributed by atoms with Crippen molar-refractivity contribution in [2.75, 3.05) is 6.54 Å². The molecule has 0 saturated carbocycles. The molecule has 1 atom stereocenters. The fourth-order valence-corrected chi connectivity index (χ4v) is 1.37. The van der Waals surface area contributed by atoms with Gasteiger partial charge in [0.15, 0.2) is 5.76 Å². The summed E-state index contributed by atoms with van der Waals surface area (Å²) in [6.07, 6.45) is 0. The van der Waals surface area contributed by atoms with E-state index in [-0.39, 0.29) is 17.4 Å². The Morgan fingerprint density at radius 3 is 2.30 bits per heavy atom. The van der Waals surface area contributed by atoms with Crippen molar-refractivity contribution in [3.63, 3.8) is 0 Å². The Morgan fingerprint density at radius 2 is 1.80 bits per heavy atom. The maximum absolute atomic E-state index is 11.8. The van der Waals surface area contributed by atoms with Crippen molar-refractivity contribution in [1.82, 2.24) is 10.6 Å². The van der Waals surface area contributed by atoms with Crippen LogP contribution in [0.3, 0.4) is 0 Å². The smallest absolute Gasteiger partial charge is 0.371 e. The van der Waals surface area contributed by atoms with Crippen molar-refractivity contribution < 1.29 is 23.9 Å². The zero-order chi connectivity index (χ0) is 15.3. The highest BCUT2D eigenvalue weighted by Gasteiger charge is 2.20. The molecule has 0 aliphatic carbocycles. The highest BCUT2D eigenvalue weighted by Crippen LogP contribution is 2.07. The van der Waals surface area contributed by atoms with Gasteiger partial charge in [0.1, 0.15) is 6.04 Å². The molecule has 3 N–H and O–H groups in total. The number of carbonyl (C=O) groups excluding carboxylic acids is 2. The molecule has 20 heavy (non-hydrogen) atoms. The summed E-state index contributed by atoms with van der Waals surface area (Å²) in [5, 5.41) is 13.8. The van der Waals surface area contributed by atoms with Crippen LogP contribution >= 0.6 is 0 Å². The normalized spacial score (nSPS) is 12.0. The third-order valence-corrected chi connectivity index (χ3v) is 2.47. The van der Waals surface area contributed by atoms with E-state index in [0.717, 1.165) is 0 Å². The van der Waals surface area contributed by atoms with Crippen LogP contribution in [0.1, 0.15) is 41.9 Å². The Balaban J connectivity index is 2.56. The third kappa shape index (κ3) is 4.42. The Hall–Kier alpha value is -2.31. The van der Waals surface area contributed by atoms with Gasteiger partial charge >= 0.3 is 5.97 Å². The van der Waals surface area contributed by atoms with Gasteiger partial charge in [-0.2, -0.15) is 0 Å². The Bertz CT molecular complexity index is 507. The van der Waals surface area contributed by atoms with Crippen molar-refractivity contribution in [2.45, 2.75) is 26.8 Å². The van der Waals surface area contributed by atoms with Crippen LogP contribution in [-0.4, -0.2) is 35.5 Å². The second-order valence-corrected chi connectivity index (χ2v) is 4.80. The van der Waals surface area contributed by atoms with E-state index < -0.39 is 17.9 Å². The lowest BCUT2D eigenvalue weighted by Gasteiger charge is -2.14. The number of carboxylic acids is 1. The molecular formula is C13H18N2O5. The van der Waals surface area contributed by atoms with Gasteiger partial charge in [0.05, 0.1) is 0 Å². The van der Waals surface area contributed by atoms with Gasteiger partial charge in [-0.1, -0.05) is 13.8 Å². The Labute approximate surface area is 116 Å². The second-order valence-electron chi connectivity index (χ2n) is 4.80. The summed E-state index contributed by atoms with van der Waals surface area (Å²) < 4.78 is 4.84. The van der Waals surface area contributed by atoms with E-state index in [1.54, 1.807) is 0 Å². The van der Waals surface area contributed by atoms with Crippen LogP contribution in [0.5, 0.6) is 0 Å². The van der Waals surface area contributed by atoms with E-state index in [4.69, 9.17) is 9.52 Å². The molecule has 0 bridgehead atoms. The van der Waals surface area contributed by atoms with Crippen molar-refractivity contribution in [3.8, 4) is 0 Å². The lowest BCUT2D eigenvalue weighted by atomic mass is 10.2. The Morgan fingerprint density at radius 1 is 1.20 bits per heavy atom. The van der Waals surface area contributed by atoms with E-state index >= 15 is 0 Å². The minimum atomic E-state index is -1.26. The molecule has 0 saturated heterocycles. The Kier molecular flexibility index (Phi) is 5.31. The van der Waals surface area contributed by atoms with Crippen molar-refractivity contribution >= 4 is 17.8 Å². The van der Waals surface area contributed by atoms with Crippen molar-refractivity contribution in [2.24, 2.45) is 5.92 Å². The summed E-state index contributed by atoms with van der Waals surface area (Å²) in [4.78, 5) is 34.1. The molecule has 0 aliphatic rings. The summed E-state index contributed by atoms with van der Waals surface area (Å²) >= 11 is 0. The van der Waals surface area contributed by atoms with Gasteiger partial charge in [-0.25, -0.2) is 4.79 Å². The quantitative estimate of drug-likeness (QED) is 0.717. The number of hydrogen-bond donors (Lipinski definition) is 3. The van der Waals surface area contributed by atoms with E-state index in [1.807, 2.05) is 13.8 Å². The molecule has 110 valence electrons. The van der Waals surface area contributed by atoms with Crippen LogP contribution in [0, 0.1) is 5.92 Å². The molecule has 7 nitrogen and oxygen atoms in total. The number of aromatic carboxylic acids is 1. The van der Waals surface area contributed by atoms with E-state index in [0.29, 0.717) is 12.5 Å². The largest absolute Gasteiger partial charge is 0.475 e. The standard InChI is InChI=1S/C13H18N2O5/c1-7(2)6-14-11(16)8(3)15-12(17)9-4-5-10(20-9)13(18)19/h4-5,7-8H,6H2,1-3H3,(H,14,16)(H,15,17)(H,18,19). The second kappa shape index (κ2) is 6.74. The topological polar surface area (TPSA) is 109 Å². The molecule has 1 unspecified atom stereocenters. The first-order valence-corrected chi connectivity index (χ1v) is 6.23. The molecule has 7 heteroatoms. The lowest BCUT2D eigenvalue weighted by Crippen LogP contribution is -2.45. The van der Waals surface area contributed by atoms with Crippen molar-refractivity contribution in [3.05, 3.63) is 23.7 Å². The van der Waals surface area contributed by atoms with E-state index in [2.05, 4.69) is 10.6 Å². The van der Waals surface area contributed by atoms with Crippen LogP contribution in [0.25, 0.3) is 0 Å². The summed E-state index contributed by atoms with van der Waals surface area (Å²) in [6.45, 7) is 5.97. The third-order valence-electron chi connectivity index (χ3n) is 2.47. The van der Waals surface area contributed by atoms with Gasteiger partial charge in [-0.15, -0.1) is 0 Å². The van der Waals surface area contributed by atoms with Crippen LogP contribution in [-0.2, 0) is 4.79 Å². The molecule has 0 spiro atoms. The number of nitrogens with one attached hydrogen (secondary N) is 2. The van der Waals surface area contributed by atoms with Crippen LogP contribution in [0.4, 0.5) is 0 Å². The molecule has 0 fully saturated rings.